The van der Waals surface area contributed by atoms with E-state index in [4.69, 9.17) is 5.11 Å². The van der Waals surface area contributed by atoms with Gasteiger partial charge in [0.1, 0.15) is 5.69 Å². The normalized spacial score (nSPS) is 15.7. The Hall–Kier alpha value is -1.66. The van der Waals surface area contributed by atoms with Gasteiger partial charge in [-0.05, 0) is 25.0 Å². The molecule has 0 aromatic carbocycles. The molecule has 1 saturated carbocycles. The third-order valence-electron chi connectivity index (χ3n) is 3.66. The summed E-state index contributed by atoms with van der Waals surface area (Å²) in [7, 11) is 0. The molecule has 3 rings (SSSR count). The number of rotatable bonds is 4. The third-order valence-corrected chi connectivity index (χ3v) is 4.47. The summed E-state index contributed by atoms with van der Waals surface area (Å²) in [5.74, 6) is -0.138. The number of anilines is 1. The number of nitrogens with zero attached hydrogens (tertiary/aromatic N) is 2. The van der Waals surface area contributed by atoms with Gasteiger partial charge in [-0.1, -0.05) is 12.8 Å². The van der Waals surface area contributed by atoms with Crippen LogP contribution in [0.3, 0.4) is 0 Å². The maximum absolute atomic E-state index is 12.3. The van der Waals surface area contributed by atoms with E-state index in [1.54, 1.807) is 5.38 Å². The van der Waals surface area contributed by atoms with Crippen LogP contribution in [0.4, 0.5) is 5.13 Å². The van der Waals surface area contributed by atoms with E-state index in [9.17, 15) is 4.79 Å². The van der Waals surface area contributed by atoms with Gasteiger partial charge in [-0.15, -0.1) is 11.3 Å². The zero-order valence-corrected chi connectivity index (χ0v) is 11.9. The highest BCUT2D eigenvalue weighted by atomic mass is 32.1. The van der Waals surface area contributed by atoms with Crippen LogP contribution >= 0.6 is 11.3 Å². The molecule has 2 N–H and O–H groups in total. The lowest BCUT2D eigenvalue weighted by Crippen LogP contribution is -2.18. The molecule has 2 heterocycles. The smallest absolute Gasteiger partial charge is 0.274 e. The first kappa shape index (κ1) is 13.3. The number of carbonyl (C=O) groups is 1. The SMILES string of the molecule is O=C(Nc1nc(CO)cs1)c1cccn1C1CCCC1. The highest BCUT2D eigenvalue weighted by Gasteiger charge is 2.21. The molecule has 2 aromatic heterocycles. The molecule has 5 nitrogen and oxygen atoms in total. The van der Waals surface area contributed by atoms with Gasteiger partial charge in [0.15, 0.2) is 5.13 Å². The fourth-order valence-electron chi connectivity index (χ4n) is 2.69. The summed E-state index contributed by atoms with van der Waals surface area (Å²) in [6.45, 7) is -0.106. The Balaban J connectivity index is 1.75. The summed E-state index contributed by atoms with van der Waals surface area (Å²) in [4.78, 5) is 16.5. The zero-order valence-electron chi connectivity index (χ0n) is 11.1. The molecular weight excluding hydrogens is 274 g/mol. The van der Waals surface area contributed by atoms with Gasteiger partial charge in [0, 0.05) is 17.6 Å². The van der Waals surface area contributed by atoms with E-state index in [1.807, 2.05) is 18.3 Å². The Labute approximate surface area is 121 Å². The summed E-state index contributed by atoms with van der Waals surface area (Å²) in [5, 5.41) is 14.1. The summed E-state index contributed by atoms with van der Waals surface area (Å²) < 4.78 is 2.07. The van der Waals surface area contributed by atoms with Crippen LogP contribution in [-0.2, 0) is 6.61 Å². The second-order valence-electron chi connectivity index (χ2n) is 5.00. The summed E-state index contributed by atoms with van der Waals surface area (Å²) in [5.41, 5.74) is 1.26. The van der Waals surface area contributed by atoms with Crippen molar-refractivity contribution in [3.8, 4) is 0 Å². The first-order valence-corrected chi connectivity index (χ1v) is 7.69. The van der Waals surface area contributed by atoms with Crippen LogP contribution in [0.1, 0.15) is 47.9 Å². The van der Waals surface area contributed by atoms with E-state index in [2.05, 4.69) is 14.9 Å². The highest BCUT2D eigenvalue weighted by molar-refractivity contribution is 7.13. The Kier molecular flexibility index (Phi) is 3.84. The van der Waals surface area contributed by atoms with Crippen molar-refractivity contribution in [1.29, 1.82) is 0 Å². The van der Waals surface area contributed by atoms with E-state index < -0.39 is 0 Å². The molecule has 0 unspecified atom stereocenters. The number of amides is 1. The van der Waals surface area contributed by atoms with Gasteiger partial charge in [-0.3, -0.25) is 10.1 Å². The minimum absolute atomic E-state index is 0.106. The highest BCUT2D eigenvalue weighted by Crippen LogP contribution is 2.31. The van der Waals surface area contributed by atoms with Crippen molar-refractivity contribution < 1.29 is 9.90 Å². The van der Waals surface area contributed by atoms with Crippen LogP contribution in [0, 0.1) is 0 Å². The number of hydrogen-bond acceptors (Lipinski definition) is 4. The van der Waals surface area contributed by atoms with Gasteiger partial charge >= 0.3 is 0 Å². The summed E-state index contributed by atoms with van der Waals surface area (Å²) in [6.07, 6.45) is 6.72. The molecule has 2 aromatic rings. The molecule has 0 bridgehead atoms. The van der Waals surface area contributed by atoms with Gasteiger partial charge in [0.25, 0.3) is 5.91 Å². The zero-order chi connectivity index (χ0) is 13.9. The summed E-state index contributed by atoms with van der Waals surface area (Å²) in [6, 6.07) is 4.19. The molecule has 1 aliphatic carbocycles. The third kappa shape index (κ3) is 2.62. The Morgan fingerprint density at radius 2 is 2.30 bits per heavy atom. The molecule has 0 saturated heterocycles. The number of hydrogen-bond donors (Lipinski definition) is 2. The second-order valence-corrected chi connectivity index (χ2v) is 5.85. The molecule has 1 fully saturated rings. The fraction of sp³-hybridized carbons (Fsp3) is 0.429. The predicted molar refractivity (Wildman–Crippen MR) is 77.9 cm³/mol. The molecule has 0 atom stereocenters. The van der Waals surface area contributed by atoms with Gasteiger partial charge in [0.2, 0.25) is 0 Å². The standard InChI is InChI=1S/C14H17N3O2S/c18-8-10-9-20-14(15-10)16-13(19)12-6-3-7-17(12)11-4-1-2-5-11/h3,6-7,9,11,18H,1-2,4-5,8H2,(H,15,16,19). The Bertz CT molecular complexity index is 599. The lowest BCUT2D eigenvalue weighted by atomic mass is 10.2. The first-order chi connectivity index (χ1) is 9.78. The number of thiazole rings is 1. The van der Waals surface area contributed by atoms with E-state index in [-0.39, 0.29) is 12.5 Å². The van der Waals surface area contributed by atoms with E-state index in [1.165, 1.54) is 24.2 Å². The number of aliphatic hydroxyl groups excluding tert-OH is 1. The number of aromatic nitrogens is 2. The molecule has 1 aliphatic rings. The number of aliphatic hydroxyl groups is 1. The number of carbonyl (C=O) groups excluding carboxylic acids is 1. The monoisotopic (exact) mass is 291 g/mol. The van der Waals surface area contributed by atoms with E-state index >= 15 is 0 Å². The lowest BCUT2D eigenvalue weighted by Gasteiger charge is -2.15. The van der Waals surface area contributed by atoms with Crippen LogP contribution in [0.25, 0.3) is 0 Å². The van der Waals surface area contributed by atoms with Crippen LogP contribution in [0.15, 0.2) is 23.7 Å². The largest absolute Gasteiger partial charge is 0.390 e. The minimum Gasteiger partial charge on any atom is -0.390 e. The van der Waals surface area contributed by atoms with Crippen molar-refractivity contribution >= 4 is 22.4 Å². The summed E-state index contributed by atoms with van der Waals surface area (Å²) >= 11 is 1.33. The molecule has 0 radical (unpaired) electrons. The average Bonchev–Trinajstić information content (AvgIpc) is 3.19. The van der Waals surface area contributed by atoms with Crippen molar-refractivity contribution in [2.45, 2.75) is 38.3 Å². The molecule has 20 heavy (non-hydrogen) atoms. The van der Waals surface area contributed by atoms with E-state index in [0.717, 1.165) is 12.8 Å². The fourth-order valence-corrected chi connectivity index (χ4v) is 3.38. The van der Waals surface area contributed by atoms with Gasteiger partial charge in [-0.25, -0.2) is 4.98 Å². The Morgan fingerprint density at radius 1 is 1.50 bits per heavy atom. The predicted octanol–water partition coefficient (Wildman–Crippen LogP) is 2.80. The Morgan fingerprint density at radius 3 is 3.00 bits per heavy atom. The van der Waals surface area contributed by atoms with Crippen LogP contribution < -0.4 is 5.32 Å². The van der Waals surface area contributed by atoms with Gasteiger partial charge in [-0.2, -0.15) is 0 Å². The lowest BCUT2D eigenvalue weighted by molar-refractivity contribution is 0.101. The minimum atomic E-state index is -0.138. The van der Waals surface area contributed by atoms with Crippen molar-refractivity contribution in [2.75, 3.05) is 5.32 Å². The maximum Gasteiger partial charge on any atom is 0.274 e. The van der Waals surface area contributed by atoms with Crippen molar-refractivity contribution in [2.24, 2.45) is 0 Å². The van der Waals surface area contributed by atoms with Crippen LogP contribution in [-0.4, -0.2) is 20.6 Å². The number of nitrogens with one attached hydrogen (secondary N) is 1. The van der Waals surface area contributed by atoms with Gasteiger partial charge < -0.3 is 9.67 Å². The van der Waals surface area contributed by atoms with E-state index in [0.29, 0.717) is 22.6 Å². The average molecular weight is 291 g/mol. The molecule has 0 aliphatic heterocycles. The molecule has 0 spiro atoms. The topological polar surface area (TPSA) is 67.2 Å². The molecular formula is C14H17N3O2S. The molecule has 106 valence electrons. The maximum atomic E-state index is 12.3. The van der Waals surface area contributed by atoms with Crippen LogP contribution in [0.5, 0.6) is 0 Å². The van der Waals surface area contributed by atoms with Crippen molar-refractivity contribution in [1.82, 2.24) is 9.55 Å². The van der Waals surface area contributed by atoms with Crippen LogP contribution in [0.2, 0.25) is 0 Å². The van der Waals surface area contributed by atoms with Gasteiger partial charge in [0.05, 0.1) is 12.3 Å². The molecule has 1 amide bonds. The first-order valence-electron chi connectivity index (χ1n) is 6.81. The molecule has 6 heteroatoms. The second kappa shape index (κ2) is 5.76. The quantitative estimate of drug-likeness (QED) is 0.910. The van der Waals surface area contributed by atoms with Crippen molar-refractivity contribution in [3.63, 3.8) is 0 Å². The van der Waals surface area contributed by atoms with Crippen molar-refractivity contribution in [3.05, 3.63) is 35.1 Å².